The maximum Gasteiger partial charge on any atom is 0.407 e. The third kappa shape index (κ3) is 1.95. The number of hydrogen-bond donors (Lipinski definition) is 1. The number of likely N-dealkylation sites (tertiary alicyclic amines) is 2. The first-order chi connectivity index (χ1) is 10.0. The molecule has 4 rings (SSSR count). The number of carboxylic acid groups (broad SMARTS) is 1. The molecule has 2 aliphatic carbocycles. The highest BCUT2D eigenvalue weighted by Crippen LogP contribution is 2.57. The summed E-state index contributed by atoms with van der Waals surface area (Å²) in [7, 11) is 0. The molecule has 0 aromatic rings. The molecule has 2 saturated carbocycles. The molecule has 21 heavy (non-hydrogen) atoms. The summed E-state index contributed by atoms with van der Waals surface area (Å²) in [5.41, 5.74) is 0.274. The smallest absolute Gasteiger partial charge is 0.407 e. The van der Waals surface area contributed by atoms with Gasteiger partial charge in [-0.05, 0) is 31.6 Å². The van der Waals surface area contributed by atoms with Crippen LogP contribution in [0.5, 0.6) is 0 Å². The van der Waals surface area contributed by atoms with Crippen molar-refractivity contribution in [3.63, 3.8) is 0 Å². The van der Waals surface area contributed by atoms with Crippen molar-refractivity contribution in [2.75, 3.05) is 32.8 Å². The number of piperidine rings is 1. The van der Waals surface area contributed by atoms with E-state index in [1.165, 1.54) is 4.90 Å². The zero-order chi connectivity index (χ0) is 14.8. The molecule has 3 atom stereocenters. The molecule has 0 aromatic carbocycles. The summed E-state index contributed by atoms with van der Waals surface area (Å²) in [6, 6.07) is 0.608. The van der Waals surface area contributed by atoms with Gasteiger partial charge >= 0.3 is 12.1 Å². The standard InChI is InChI=1S/C15H22N2O4/c1-2-21-13(18)12-10-5-16(6-11(10)12)9-3-15(4-9)7-17(8-15)14(19)20/h9-12H,2-8H2,1H3,(H,19,20)/t10-,11+,12?. The quantitative estimate of drug-likeness (QED) is 0.782. The van der Waals surface area contributed by atoms with Crippen molar-refractivity contribution in [3.8, 4) is 0 Å². The minimum absolute atomic E-state index is 0.00618. The van der Waals surface area contributed by atoms with Gasteiger partial charge in [-0.2, -0.15) is 0 Å². The van der Waals surface area contributed by atoms with Gasteiger partial charge in [-0.1, -0.05) is 0 Å². The Bertz CT molecular complexity index is 468. The molecule has 6 nitrogen and oxygen atoms in total. The van der Waals surface area contributed by atoms with E-state index in [1.54, 1.807) is 0 Å². The van der Waals surface area contributed by atoms with Gasteiger partial charge in [-0.3, -0.25) is 9.69 Å². The molecule has 1 amide bonds. The maximum atomic E-state index is 11.7. The van der Waals surface area contributed by atoms with Crippen molar-refractivity contribution in [1.29, 1.82) is 0 Å². The maximum absolute atomic E-state index is 11.7. The number of nitrogens with zero attached hydrogens (tertiary/aromatic N) is 2. The first-order valence-electron chi connectivity index (χ1n) is 7.91. The Morgan fingerprint density at radius 1 is 1.24 bits per heavy atom. The summed E-state index contributed by atoms with van der Waals surface area (Å²) in [5.74, 6) is 1.17. The first-order valence-corrected chi connectivity index (χ1v) is 7.91. The number of esters is 1. The molecule has 0 radical (unpaired) electrons. The van der Waals surface area contributed by atoms with Crippen LogP contribution < -0.4 is 0 Å². The van der Waals surface area contributed by atoms with Gasteiger partial charge in [0.2, 0.25) is 0 Å². The van der Waals surface area contributed by atoms with E-state index in [0.29, 0.717) is 37.6 Å². The predicted molar refractivity (Wildman–Crippen MR) is 73.7 cm³/mol. The van der Waals surface area contributed by atoms with E-state index in [4.69, 9.17) is 9.84 Å². The molecule has 0 bridgehead atoms. The zero-order valence-electron chi connectivity index (χ0n) is 12.3. The highest BCUT2D eigenvalue weighted by molar-refractivity contribution is 5.77. The Balaban J connectivity index is 1.23. The van der Waals surface area contributed by atoms with Crippen LogP contribution in [0, 0.1) is 23.2 Å². The third-order valence-corrected chi connectivity index (χ3v) is 5.96. The van der Waals surface area contributed by atoms with E-state index in [0.717, 1.165) is 25.9 Å². The Kier molecular flexibility index (Phi) is 2.77. The van der Waals surface area contributed by atoms with Crippen LogP contribution in [0.3, 0.4) is 0 Å². The lowest BCUT2D eigenvalue weighted by Gasteiger charge is -2.60. The van der Waals surface area contributed by atoms with Gasteiger partial charge in [-0.25, -0.2) is 4.79 Å². The summed E-state index contributed by atoms with van der Waals surface area (Å²) in [4.78, 5) is 26.6. The Labute approximate surface area is 124 Å². The molecule has 1 unspecified atom stereocenters. The van der Waals surface area contributed by atoms with Crippen LogP contribution in [-0.2, 0) is 9.53 Å². The molecule has 0 aromatic heterocycles. The van der Waals surface area contributed by atoms with Crippen LogP contribution >= 0.6 is 0 Å². The molecule has 2 heterocycles. The number of ether oxygens (including phenoxy) is 1. The van der Waals surface area contributed by atoms with Crippen molar-refractivity contribution in [2.45, 2.75) is 25.8 Å². The topological polar surface area (TPSA) is 70.1 Å². The van der Waals surface area contributed by atoms with Crippen LogP contribution in [0.25, 0.3) is 0 Å². The average Bonchev–Trinajstić information content (AvgIpc) is 2.82. The Morgan fingerprint density at radius 3 is 2.38 bits per heavy atom. The molecule has 2 aliphatic heterocycles. The fraction of sp³-hybridized carbons (Fsp3) is 0.867. The first kappa shape index (κ1) is 13.4. The Morgan fingerprint density at radius 2 is 1.86 bits per heavy atom. The summed E-state index contributed by atoms with van der Waals surface area (Å²) < 4.78 is 5.11. The second kappa shape index (κ2) is 4.35. The minimum atomic E-state index is -0.788. The van der Waals surface area contributed by atoms with Gasteiger partial charge < -0.3 is 14.7 Å². The molecule has 1 N–H and O–H groups in total. The van der Waals surface area contributed by atoms with E-state index in [9.17, 15) is 9.59 Å². The second-order valence-corrected chi connectivity index (χ2v) is 7.26. The normalized spacial score (nSPS) is 36.8. The van der Waals surface area contributed by atoms with E-state index in [1.807, 2.05) is 6.92 Å². The van der Waals surface area contributed by atoms with Crippen LogP contribution in [-0.4, -0.2) is 65.8 Å². The predicted octanol–water partition coefficient (Wildman–Crippen LogP) is 0.870. The number of carbonyl (C=O) groups is 2. The fourth-order valence-corrected chi connectivity index (χ4v) is 4.80. The zero-order valence-corrected chi connectivity index (χ0v) is 12.3. The van der Waals surface area contributed by atoms with Crippen molar-refractivity contribution in [1.82, 2.24) is 9.80 Å². The lowest BCUT2D eigenvalue weighted by atomic mass is 9.60. The van der Waals surface area contributed by atoms with Crippen molar-refractivity contribution >= 4 is 12.1 Å². The SMILES string of the molecule is CCOC(=O)C1[C@H]2CN(C3CC4(C3)CN(C(=O)O)C4)C[C@@H]12. The number of hydrogen-bond acceptors (Lipinski definition) is 4. The van der Waals surface area contributed by atoms with E-state index in [2.05, 4.69) is 4.90 Å². The molecular weight excluding hydrogens is 272 g/mol. The summed E-state index contributed by atoms with van der Waals surface area (Å²) in [6.07, 6.45) is 1.46. The van der Waals surface area contributed by atoms with E-state index in [-0.39, 0.29) is 17.3 Å². The average molecular weight is 294 g/mol. The van der Waals surface area contributed by atoms with Crippen LogP contribution in [0.4, 0.5) is 4.79 Å². The minimum Gasteiger partial charge on any atom is -0.466 e. The third-order valence-electron chi connectivity index (χ3n) is 5.96. The van der Waals surface area contributed by atoms with Crippen LogP contribution in [0.15, 0.2) is 0 Å². The van der Waals surface area contributed by atoms with Crippen LogP contribution in [0.1, 0.15) is 19.8 Å². The lowest BCUT2D eigenvalue weighted by Crippen LogP contribution is -2.67. The van der Waals surface area contributed by atoms with Gasteiger partial charge in [0.25, 0.3) is 0 Å². The van der Waals surface area contributed by atoms with E-state index >= 15 is 0 Å². The highest BCUT2D eigenvalue weighted by Gasteiger charge is 2.63. The summed E-state index contributed by atoms with van der Waals surface area (Å²) >= 11 is 0. The van der Waals surface area contributed by atoms with Gasteiger partial charge in [0.15, 0.2) is 0 Å². The monoisotopic (exact) mass is 294 g/mol. The molecule has 1 spiro atoms. The number of rotatable bonds is 3. The number of amides is 1. The van der Waals surface area contributed by atoms with Gasteiger partial charge in [-0.15, -0.1) is 0 Å². The largest absolute Gasteiger partial charge is 0.466 e. The van der Waals surface area contributed by atoms with Crippen molar-refractivity contribution < 1.29 is 19.4 Å². The molecule has 116 valence electrons. The summed E-state index contributed by atoms with van der Waals surface area (Å²) in [5, 5.41) is 8.90. The van der Waals surface area contributed by atoms with Gasteiger partial charge in [0, 0.05) is 37.6 Å². The lowest BCUT2D eigenvalue weighted by molar-refractivity contribution is -0.146. The molecule has 4 aliphatic rings. The molecule has 4 fully saturated rings. The second-order valence-electron chi connectivity index (χ2n) is 7.26. The molecule has 6 heteroatoms. The van der Waals surface area contributed by atoms with Gasteiger partial charge in [0.1, 0.15) is 0 Å². The van der Waals surface area contributed by atoms with Crippen molar-refractivity contribution in [2.24, 2.45) is 23.2 Å². The van der Waals surface area contributed by atoms with Gasteiger partial charge in [0.05, 0.1) is 12.5 Å². The summed E-state index contributed by atoms with van der Waals surface area (Å²) in [6.45, 7) is 5.81. The Hall–Kier alpha value is -1.30. The molecular formula is C15H22N2O4. The van der Waals surface area contributed by atoms with Crippen LogP contribution in [0.2, 0.25) is 0 Å². The van der Waals surface area contributed by atoms with Crippen molar-refractivity contribution in [3.05, 3.63) is 0 Å². The number of carbonyl (C=O) groups excluding carboxylic acids is 1. The fourth-order valence-electron chi connectivity index (χ4n) is 4.80. The number of fused-ring (bicyclic) bond motifs is 1. The molecule has 2 saturated heterocycles. The van der Waals surface area contributed by atoms with E-state index < -0.39 is 6.09 Å². The highest BCUT2D eigenvalue weighted by atomic mass is 16.5.